The zero-order valence-corrected chi connectivity index (χ0v) is 28.5. The molecule has 0 amide bonds. The fraction of sp³-hybridized carbons (Fsp3) is 1.00. The molecule has 4 saturated carbocycles. The summed E-state index contributed by atoms with van der Waals surface area (Å²) in [4.78, 5) is 0. The number of nitrogens with one attached hydrogen (secondary N) is 2. The van der Waals surface area contributed by atoms with Gasteiger partial charge in [-0.2, -0.15) is 8.42 Å². The second-order valence-corrected chi connectivity index (χ2v) is 16.5. The van der Waals surface area contributed by atoms with Crippen molar-refractivity contribution in [2.75, 3.05) is 26.2 Å². The minimum absolute atomic E-state index is 0.0300. The van der Waals surface area contributed by atoms with Crippen LogP contribution in [0.4, 0.5) is 0 Å². The predicted octanol–water partition coefficient (Wildman–Crippen LogP) is 5.55. The third-order valence-electron chi connectivity index (χ3n) is 12.6. The van der Waals surface area contributed by atoms with Crippen molar-refractivity contribution in [3.05, 3.63) is 0 Å². The molecular formula is C34H65N3O5S. The number of fused-ring (bicyclic) bond motifs is 5. The van der Waals surface area contributed by atoms with E-state index < -0.39 is 34.9 Å². The molecule has 4 unspecified atom stereocenters. The Morgan fingerprint density at radius 3 is 2.40 bits per heavy atom. The maximum atomic E-state index is 11.9. The molecule has 252 valence electrons. The molecule has 0 aromatic carbocycles. The van der Waals surface area contributed by atoms with E-state index in [-0.39, 0.29) is 34.6 Å². The van der Waals surface area contributed by atoms with Crippen molar-refractivity contribution in [2.45, 2.75) is 136 Å². The van der Waals surface area contributed by atoms with Crippen LogP contribution in [-0.4, -0.2) is 62.5 Å². The summed E-state index contributed by atoms with van der Waals surface area (Å²) in [5.74, 6) is 0.433. The van der Waals surface area contributed by atoms with Gasteiger partial charge < -0.3 is 21.5 Å². The van der Waals surface area contributed by atoms with Gasteiger partial charge >= 0.3 is 10.4 Å². The number of hydrogen-bond acceptors (Lipinski definition) is 7. The number of unbranched alkanes of at least 4 members (excludes halogenated alkanes) is 1. The first kappa shape index (κ1) is 32.6. The first-order chi connectivity index (χ1) is 21.1. The van der Waals surface area contributed by atoms with Crippen LogP contribution >= 0.6 is 0 Å². The van der Waals surface area contributed by atoms with Crippen LogP contribution in [0, 0.1) is 52.2 Å². The minimum Gasteiger partial charge on any atom is -0.393 e. The number of nitrogens with two attached hydrogens (primary N) is 1. The molecule has 0 radical (unpaired) electrons. The Labute approximate surface area is 266 Å². The van der Waals surface area contributed by atoms with Crippen LogP contribution in [0.25, 0.3) is 0 Å². The average molecular weight is 630 g/mol. The highest BCUT2D eigenvalue weighted by Gasteiger charge is 2.62. The van der Waals surface area contributed by atoms with Crippen molar-refractivity contribution in [3.63, 3.8) is 0 Å². The predicted molar refractivity (Wildman–Crippen MR) is 174 cm³/mol. The van der Waals surface area contributed by atoms with Crippen LogP contribution in [0.5, 0.6) is 0 Å². The zero-order chi connectivity index (χ0) is 33.2. The largest absolute Gasteiger partial charge is 0.397 e. The maximum Gasteiger partial charge on any atom is 0.397 e. The van der Waals surface area contributed by atoms with E-state index in [2.05, 4.69) is 31.4 Å². The Bertz CT molecular complexity index is 1070. The smallest absolute Gasteiger partial charge is 0.393 e. The molecule has 0 bridgehead atoms. The molecule has 0 aromatic heterocycles. The fourth-order valence-electron chi connectivity index (χ4n) is 10.1. The summed E-state index contributed by atoms with van der Waals surface area (Å²) >= 11 is 0. The highest BCUT2D eigenvalue weighted by molar-refractivity contribution is 7.80. The van der Waals surface area contributed by atoms with E-state index in [4.69, 9.17) is 9.92 Å². The lowest BCUT2D eigenvalue weighted by Crippen LogP contribution is -2.59. The van der Waals surface area contributed by atoms with Crippen molar-refractivity contribution in [3.8, 4) is 0 Å². The van der Waals surface area contributed by atoms with E-state index in [0.717, 1.165) is 90.4 Å². The highest BCUT2D eigenvalue weighted by atomic mass is 32.3. The van der Waals surface area contributed by atoms with Gasteiger partial charge in [-0.3, -0.25) is 4.55 Å². The van der Waals surface area contributed by atoms with Gasteiger partial charge in [-0.1, -0.05) is 34.6 Å². The molecule has 8 nitrogen and oxygen atoms in total. The van der Waals surface area contributed by atoms with Crippen LogP contribution in [0.2, 0.25) is 0 Å². The molecule has 9 heteroatoms. The lowest BCUT2D eigenvalue weighted by Gasteiger charge is -2.62. The molecule has 4 aliphatic carbocycles. The van der Waals surface area contributed by atoms with Crippen molar-refractivity contribution in [1.29, 1.82) is 0 Å². The summed E-state index contributed by atoms with van der Waals surface area (Å²) in [6.45, 7) is 14.4. The van der Waals surface area contributed by atoms with Gasteiger partial charge in [-0.05, 0) is 162 Å². The first-order valence-electron chi connectivity index (χ1n) is 18.6. The third kappa shape index (κ3) is 8.36. The Morgan fingerprint density at radius 2 is 1.70 bits per heavy atom. The highest BCUT2D eigenvalue weighted by Crippen LogP contribution is 2.68. The van der Waals surface area contributed by atoms with Gasteiger partial charge in [-0.25, -0.2) is 4.18 Å². The van der Waals surface area contributed by atoms with E-state index in [0.29, 0.717) is 30.6 Å². The zero-order valence-electron chi connectivity index (χ0n) is 29.7. The Kier molecular flexibility index (Phi) is 11.4. The number of aliphatic hydroxyl groups excluding tert-OH is 1. The molecule has 43 heavy (non-hydrogen) atoms. The Morgan fingerprint density at radius 1 is 1.00 bits per heavy atom. The van der Waals surface area contributed by atoms with E-state index in [1.807, 2.05) is 13.8 Å². The van der Waals surface area contributed by atoms with E-state index in [9.17, 15) is 20.8 Å². The summed E-state index contributed by atoms with van der Waals surface area (Å²) in [5.41, 5.74) is 5.34. The van der Waals surface area contributed by atoms with Gasteiger partial charge in [0.05, 0.1) is 12.2 Å². The molecule has 0 saturated heterocycles. The normalized spacial score (nSPS) is 43.3. The SMILES string of the molecule is [2H][C@H]1C(O)C2C3CC[C@H]([C@H](C)CC[C@@H](OS(=O)(=O)O)C(C)C)[C@@]3(C)CCC2[C@@]2(C)CC[C@H](NCCCNCCCCN)C[C@]12[2H]. The molecule has 6 N–H and O–H groups in total. The quantitative estimate of drug-likeness (QED) is 0.111. The van der Waals surface area contributed by atoms with Gasteiger partial charge in [0.25, 0.3) is 0 Å². The van der Waals surface area contributed by atoms with Gasteiger partial charge in [0, 0.05) is 8.78 Å². The van der Waals surface area contributed by atoms with Crippen molar-refractivity contribution in [2.24, 2.45) is 58.0 Å². The summed E-state index contributed by atoms with van der Waals surface area (Å²) in [5, 5.41) is 19.1. The van der Waals surface area contributed by atoms with Crippen LogP contribution in [0.1, 0.15) is 121 Å². The van der Waals surface area contributed by atoms with Crippen molar-refractivity contribution < 1.29 is 25.0 Å². The van der Waals surface area contributed by atoms with E-state index >= 15 is 0 Å². The van der Waals surface area contributed by atoms with Crippen molar-refractivity contribution in [1.82, 2.24) is 10.6 Å². The van der Waals surface area contributed by atoms with Crippen LogP contribution < -0.4 is 16.4 Å². The van der Waals surface area contributed by atoms with Crippen LogP contribution in [-0.2, 0) is 14.6 Å². The summed E-state index contributed by atoms with van der Waals surface area (Å²) < 4.78 is 56.3. The second-order valence-electron chi connectivity index (χ2n) is 15.5. The monoisotopic (exact) mass is 629 g/mol. The third-order valence-corrected chi connectivity index (χ3v) is 13.0. The minimum atomic E-state index is -4.50. The number of aliphatic hydroxyl groups is 1. The molecule has 4 aliphatic rings. The number of rotatable bonds is 16. The molecule has 12 atom stereocenters. The summed E-state index contributed by atoms with van der Waals surface area (Å²) in [6, 6.07) is 0.217. The van der Waals surface area contributed by atoms with E-state index in [1.54, 1.807) is 0 Å². The lowest BCUT2D eigenvalue weighted by atomic mass is 9.43. The van der Waals surface area contributed by atoms with Crippen LogP contribution in [0.15, 0.2) is 0 Å². The van der Waals surface area contributed by atoms with E-state index in [1.165, 1.54) is 0 Å². The average Bonchev–Trinajstić information content (AvgIpc) is 3.33. The van der Waals surface area contributed by atoms with Crippen molar-refractivity contribution >= 4 is 10.4 Å². The van der Waals surface area contributed by atoms with Gasteiger partial charge in [0.15, 0.2) is 0 Å². The molecule has 4 fully saturated rings. The molecule has 0 spiro atoms. The summed E-state index contributed by atoms with van der Waals surface area (Å²) in [6.07, 6.45) is 9.19. The Hall–Kier alpha value is -0.290. The summed E-state index contributed by atoms with van der Waals surface area (Å²) in [7, 11) is -4.50. The second kappa shape index (κ2) is 15.1. The Balaban J connectivity index is 1.39. The maximum absolute atomic E-state index is 11.9. The molecule has 0 aliphatic heterocycles. The fourth-order valence-corrected chi connectivity index (χ4v) is 10.7. The lowest BCUT2D eigenvalue weighted by molar-refractivity contribution is -0.167. The molecule has 4 rings (SSSR count). The van der Waals surface area contributed by atoms with Gasteiger partial charge in [-0.15, -0.1) is 0 Å². The van der Waals surface area contributed by atoms with Crippen LogP contribution in [0.3, 0.4) is 0 Å². The standard InChI is InChI=1S/C34H65N3O5S/c1-23(2)31(42-43(39,40)41)12-9-24(3)27-10-11-28-32-29(14-16-34(27,28)5)33(4)15-13-26(21-25(33)22-30(32)38)37-20-8-19-36-18-7-6-17-35/h23-32,36-38H,6-22,35H2,1-5H3,(H,39,40,41)/t24-,25-,26+,27-,28?,29?,30?,31-,32?,33+,34-/m1/s1/i22D,25D/t22-,24-,25-,26+,27-,28?,29?,30?,31-,32?,33+,34-. The molecule has 0 heterocycles. The first-order valence-corrected chi connectivity index (χ1v) is 18.9. The molecular weight excluding hydrogens is 562 g/mol. The van der Waals surface area contributed by atoms with Gasteiger partial charge in [0.1, 0.15) is 0 Å². The number of hydrogen-bond donors (Lipinski definition) is 5. The molecule has 0 aromatic rings. The van der Waals surface area contributed by atoms with Gasteiger partial charge in [0.2, 0.25) is 0 Å². The topological polar surface area (TPSA) is 134 Å².